The molecule has 0 saturated carbocycles. The molecule has 0 aliphatic carbocycles. The van der Waals surface area contributed by atoms with Crippen LogP contribution in [-0.2, 0) is 23.9 Å². The highest BCUT2D eigenvalue weighted by molar-refractivity contribution is 5.88. The summed E-state index contributed by atoms with van der Waals surface area (Å²) in [4.78, 5) is 54.9. The Morgan fingerprint density at radius 3 is 2.29 bits per heavy atom. The lowest BCUT2D eigenvalue weighted by atomic mass is 9.74. The average molecular weight is 536 g/mol. The first-order valence-electron chi connectivity index (χ1n) is 13.1. The number of hydrogen-bond acceptors (Lipinski definition) is 6. The van der Waals surface area contributed by atoms with Gasteiger partial charge in [-0.3, -0.25) is 14.4 Å². The Hall–Kier alpha value is -3.17. The van der Waals surface area contributed by atoms with Crippen LogP contribution in [0.5, 0.6) is 0 Å². The van der Waals surface area contributed by atoms with E-state index in [1.807, 2.05) is 13.8 Å². The zero-order valence-electron chi connectivity index (χ0n) is 23.8. The average Bonchev–Trinajstić information content (AvgIpc) is 3.27. The SMILES string of the molecule is CCC(CC)(C(=O)OCC(=O)N(C)C)[C@H]1CC[C@@H](c2cccc(F)c2)N1C(=O)[C@@H](C)NC(=O)OC(C)(C)C. The van der Waals surface area contributed by atoms with Crippen molar-refractivity contribution >= 4 is 23.9 Å². The molecule has 0 radical (unpaired) electrons. The van der Waals surface area contributed by atoms with Gasteiger partial charge >= 0.3 is 12.1 Å². The molecule has 0 aromatic heterocycles. The first kappa shape index (κ1) is 31.1. The van der Waals surface area contributed by atoms with Crippen molar-refractivity contribution in [2.45, 2.75) is 91.0 Å². The van der Waals surface area contributed by atoms with E-state index >= 15 is 0 Å². The second kappa shape index (κ2) is 12.6. The van der Waals surface area contributed by atoms with Crippen molar-refractivity contribution in [3.63, 3.8) is 0 Å². The largest absolute Gasteiger partial charge is 0.455 e. The van der Waals surface area contributed by atoms with Crippen LogP contribution in [0.25, 0.3) is 0 Å². The molecular weight excluding hydrogens is 493 g/mol. The third kappa shape index (κ3) is 7.23. The van der Waals surface area contributed by atoms with E-state index in [1.54, 1.807) is 58.8 Å². The molecular formula is C28H42FN3O6. The Morgan fingerprint density at radius 1 is 1.13 bits per heavy atom. The second-order valence-electron chi connectivity index (χ2n) is 11.0. The minimum absolute atomic E-state index is 0.355. The van der Waals surface area contributed by atoms with Gasteiger partial charge in [-0.05, 0) is 71.1 Å². The summed E-state index contributed by atoms with van der Waals surface area (Å²) in [6.07, 6.45) is 0.929. The highest BCUT2D eigenvalue weighted by atomic mass is 19.1. The summed E-state index contributed by atoms with van der Waals surface area (Å²) in [5.74, 6) is -1.77. The number of halogens is 1. The number of ether oxygens (including phenoxy) is 2. The molecule has 9 nitrogen and oxygen atoms in total. The number of amides is 3. The van der Waals surface area contributed by atoms with Crippen molar-refractivity contribution in [3.8, 4) is 0 Å². The predicted octanol–water partition coefficient (Wildman–Crippen LogP) is 4.21. The number of rotatable bonds is 9. The summed E-state index contributed by atoms with van der Waals surface area (Å²) >= 11 is 0. The Labute approximate surface area is 225 Å². The van der Waals surface area contributed by atoms with Crippen molar-refractivity contribution in [2.75, 3.05) is 20.7 Å². The van der Waals surface area contributed by atoms with Crippen LogP contribution in [-0.4, -0.2) is 72.1 Å². The molecule has 1 fully saturated rings. The van der Waals surface area contributed by atoms with E-state index in [0.29, 0.717) is 31.2 Å². The number of carbonyl (C=O) groups excluding carboxylic acids is 4. The zero-order chi connectivity index (χ0) is 28.8. The maximum atomic E-state index is 14.2. The second-order valence-corrected chi connectivity index (χ2v) is 11.0. The molecule has 10 heteroatoms. The first-order chi connectivity index (χ1) is 17.7. The highest BCUT2D eigenvalue weighted by Crippen LogP contribution is 2.47. The van der Waals surface area contributed by atoms with Crippen molar-refractivity contribution in [2.24, 2.45) is 5.41 Å². The van der Waals surface area contributed by atoms with Crippen LogP contribution in [0.4, 0.5) is 9.18 Å². The smallest absolute Gasteiger partial charge is 0.408 e. The number of alkyl carbamates (subject to hydrolysis) is 1. The molecule has 1 aliphatic rings. The number of hydrogen-bond donors (Lipinski definition) is 1. The third-order valence-corrected chi connectivity index (χ3v) is 7.11. The van der Waals surface area contributed by atoms with Gasteiger partial charge in [0.2, 0.25) is 5.91 Å². The van der Waals surface area contributed by atoms with Crippen LogP contribution in [0.1, 0.15) is 78.8 Å². The topological polar surface area (TPSA) is 105 Å². The van der Waals surface area contributed by atoms with Gasteiger partial charge in [0.1, 0.15) is 17.5 Å². The summed E-state index contributed by atoms with van der Waals surface area (Å²) in [5, 5.41) is 2.59. The standard InChI is InChI=1S/C28H42FN3O6/c1-9-28(10-2,25(35)37-17-23(33)31(7)8)22-15-14-21(19-12-11-13-20(29)16-19)32(22)24(34)18(3)30-26(36)38-27(4,5)6/h11-13,16,18,21-22H,9-10,14-15,17H2,1-8H3,(H,30,36)/t18-,21+,22-/m1/s1. The Bertz CT molecular complexity index is 1020. The first-order valence-corrected chi connectivity index (χ1v) is 13.1. The summed E-state index contributed by atoms with van der Waals surface area (Å²) in [6, 6.07) is 3.96. The monoisotopic (exact) mass is 535 g/mol. The Balaban J connectivity index is 2.46. The van der Waals surface area contributed by atoms with Crippen molar-refractivity contribution < 1.29 is 33.0 Å². The summed E-state index contributed by atoms with van der Waals surface area (Å²) in [5.41, 5.74) is -1.25. The lowest BCUT2D eigenvalue weighted by Crippen LogP contribution is -2.56. The maximum Gasteiger partial charge on any atom is 0.408 e. The lowest BCUT2D eigenvalue weighted by molar-refractivity contribution is -0.167. The molecule has 0 spiro atoms. The van der Waals surface area contributed by atoms with Crippen LogP contribution < -0.4 is 5.32 Å². The predicted molar refractivity (Wildman–Crippen MR) is 141 cm³/mol. The molecule has 0 bridgehead atoms. The van der Waals surface area contributed by atoms with Crippen LogP contribution in [0, 0.1) is 11.2 Å². The van der Waals surface area contributed by atoms with E-state index in [9.17, 15) is 23.6 Å². The van der Waals surface area contributed by atoms with Gasteiger partial charge in [-0.1, -0.05) is 26.0 Å². The van der Waals surface area contributed by atoms with Crippen molar-refractivity contribution in [3.05, 3.63) is 35.6 Å². The number of benzene rings is 1. The molecule has 1 saturated heterocycles. The van der Waals surface area contributed by atoms with E-state index < -0.39 is 59.5 Å². The van der Waals surface area contributed by atoms with Gasteiger partial charge in [0, 0.05) is 20.1 Å². The molecule has 1 aromatic rings. The van der Waals surface area contributed by atoms with Crippen LogP contribution in [0.15, 0.2) is 24.3 Å². The number of nitrogens with one attached hydrogen (secondary N) is 1. The van der Waals surface area contributed by atoms with Gasteiger partial charge in [0.25, 0.3) is 5.91 Å². The quantitative estimate of drug-likeness (QED) is 0.475. The minimum atomic E-state index is -1.10. The van der Waals surface area contributed by atoms with E-state index in [2.05, 4.69) is 5.32 Å². The van der Waals surface area contributed by atoms with Gasteiger partial charge < -0.3 is 24.6 Å². The normalized spacial score (nSPS) is 18.5. The summed E-state index contributed by atoms with van der Waals surface area (Å²) in [6.45, 7) is 10.0. The molecule has 3 atom stereocenters. The fraction of sp³-hybridized carbons (Fsp3) is 0.643. The minimum Gasteiger partial charge on any atom is -0.455 e. The molecule has 1 aliphatic heterocycles. The van der Waals surface area contributed by atoms with Crippen LogP contribution in [0.3, 0.4) is 0 Å². The van der Waals surface area contributed by atoms with Crippen molar-refractivity contribution in [1.29, 1.82) is 0 Å². The summed E-state index contributed by atoms with van der Waals surface area (Å²) < 4.78 is 25.0. The molecule has 1 aromatic carbocycles. The van der Waals surface area contributed by atoms with E-state index in [-0.39, 0.29) is 5.91 Å². The lowest BCUT2D eigenvalue weighted by Gasteiger charge is -2.42. The molecule has 3 amide bonds. The highest BCUT2D eigenvalue weighted by Gasteiger charge is 2.53. The number of esters is 1. The van der Waals surface area contributed by atoms with Crippen molar-refractivity contribution in [1.82, 2.24) is 15.1 Å². The zero-order valence-corrected chi connectivity index (χ0v) is 23.8. The molecule has 1 N–H and O–H groups in total. The molecule has 2 rings (SSSR count). The fourth-order valence-corrected chi connectivity index (χ4v) is 5.02. The van der Waals surface area contributed by atoms with Gasteiger partial charge in [-0.15, -0.1) is 0 Å². The molecule has 0 unspecified atom stereocenters. The maximum absolute atomic E-state index is 14.2. The van der Waals surface area contributed by atoms with Gasteiger partial charge in [-0.25, -0.2) is 9.18 Å². The molecule has 1 heterocycles. The van der Waals surface area contributed by atoms with E-state index in [0.717, 1.165) is 0 Å². The number of likely N-dealkylation sites (tertiary alicyclic amines) is 1. The third-order valence-electron chi connectivity index (χ3n) is 7.11. The molecule has 212 valence electrons. The molecule has 38 heavy (non-hydrogen) atoms. The van der Waals surface area contributed by atoms with E-state index in [4.69, 9.17) is 9.47 Å². The van der Waals surface area contributed by atoms with Gasteiger partial charge in [-0.2, -0.15) is 0 Å². The van der Waals surface area contributed by atoms with Crippen LogP contribution in [0.2, 0.25) is 0 Å². The fourth-order valence-electron chi connectivity index (χ4n) is 5.02. The summed E-state index contributed by atoms with van der Waals surface area (Å²) in [7, 11) is 3.14. The van der Waals surface area contributed by atoms with E-state index in [1.165, 1.54) is 17.0 Å². The number of nitrogens with zero attached hydrogens (tertiary/aromatic N) is 2. The Morgan fingerprint density at radius 2 is 1.76 bits per heavy atom. The van der Waals surface area contributed by atoms with Crippen LogP contribution >= 0.6 is 0 Å². The van der Waals surface area contributed by atoms with Gasteiger partial charge in [0.05, 0.1) is 11.5 Å². The number of likely N-dealkylation sites (N-methyl/N-ethyl adjacent to an activating group) is 1. The van der Waals surface area contributed by atoms with Gasteiger partial charge in [0.15, 0.2) is 6.61 Å². The number of carbonyl (C=O) groups is 4. The Kier molecular flexibility index (Phi) is 10.3.